The van der Waals surface area contributed by atoms with Crippen LogP contribution in [0.5, 0.6) is 0 Å². The summed E-state index contributed by atoms with van der Waals surface area (Å²) in [6, 6.07) is 15.3. The van der Waals surface area contributed by atoms with Gasteiger partial charge in [-0.3, -0.25) is 4.79 Å². The number of carbonyl (C=O) groups is 1. The standard InChI is InChI=1S/C21H24FN3O3S/c22-20-8-6-19(7-9-20)16-23-21(26)17-24-11-13-25(14-12-24)29(27,28)15-10-18-4-2-1-3-5-18/h1-10,15H,11-14,16-17H2,(H,23,26)/p+1/b15-10+. The molecule has 0 radical (unpaired) electrons. The van der Waals surface area contributed by atoms with E-state index in [-0.39, 0.29) is 18.3 Å². The number of hydrogen-bond acceptors (Lipinski definition) is 3. The molecule has 1 heterocycles. The average molecular weight is 419 g/mol. The second-order valence-electron chi connectivity index (χ2n) is 6.99. The maximum absolute atomic E-state index is 12.9. The predicted molar refractivity (Wildman–Crippen MR) is 110 cm³/mol. The Kier molecular flexibility index (Phi) is 7.13. The van der Waals surface area contributed by atoms with Gasteiger partial charge in [-0.05, 0) is 29.3 Å². The van der Waals surface area contributed by atoms with Crippen LogP contribution in [0.3, 0.4) is 0 Å². The van der Waals surface area contributed by atoms with Gasteiger partial charge in [-0.1, -0.05) is 42.5 Å². The van der Waals surface area contributed by atoms with E-state index in [0.717, 1.165) is 16.0 Å². The van der Waals surface area contributed by atoms with Crippen LogP contribution in [0.25, 0.3) is 6.08 Å². The molecule has 3 rings (SSSR count). The average Bonchev–Trinajstić information content (AvgIpc) is 2.73. The Balaban J connectivity index is 1.44. The van der Waals surface area contributed by atoms with Gasteiger partial charge >= 0.3 is 0 Å². The van der Waals surface area contributed by atoms with Gasteiger partial charge in [-0.2, -0.15) is 4.31 Å². The molecule has 1 fully saturated rings. The zero-order valence-corrected chi connectivity index (χ0v) is 16.9. The molecule has 0 saturated carbocycles. The van der Waals surface area contributed by atoms with Crippen molar-refractivity contribution < 1.29 is 22.5 Å². The summed E-state index contributed by atoms with van der Waals surface area (Å²) in [5, 5.41) is 4.06. The third-order valence-electron chi connectivity index (χ3n) is 4.83. The smallest absolute Gasteiger partial charge is 0.275 e. The molecule has 1 aliphatic heterocycles. The quantitative estimate of drug-likeness (QED) is 0.694. The number of rotatable bonds is 7. The van der Waals surface area contributed by atoms with Gasteiger partial charge in [0, 0.05) is 12.0 Å². The van der Waals surface area contributed by atoms with Gasteiger partial charge in [0.25, 0.3) is 5.91 Å². The van der Waals surface area contributed by atoms with E-state index in [1.807, 2.05) is 30.3 Å². The number of quaternary nitrogens is 1. The Morgan fingerprint density at radius 1 is 1.07 bits per heavy atom. The Hall–Kier alpha value is -2.55. The van der Waals surface area contributed by atoms with Crippen molar-refractivity contribution in [1.29, 1.82) is 0 Å². The second-order valence-corrected chi connectivity index (χ2v) is 8.81. The third kappa shape index (κ3) is 6.49. The molecule has 1 amide bonds. The number of benzene rings is 2. The summed E-state index contributed by atoms with van der Waals surface area (Å²) >= 11 is 0. The van der Waals surface area contributed by atoms with E-state index in [9.17, 15) is 17.6 Å². The molecule has 29 heavy (non-hydrogen) atoms. The summed E-state index contributed by atoms with van der Waals surface area (Å²) < 4.78 is 39.3. The van der Waals surface area contributed by atoms with Crippen molar-refractivity contribution in [3.63, 3.8) is 0 Å². The first-order valence-corrected chi connectivity index (χ1v) is 11.0. The van der Waals surface area contributed by atoms with Crippen molar-refractivity contribution in [3.8, 4) is 0 Å². The van der Waals surface area contributed by atoms with Gasteiger partial charge in [-0.25, -0.2) is 12.8 Å². The number of sulfonamides is 1. The molecular weight excluding hydrogens is 393 g/mol. The lowest BCUT2D eigenvalue weighted by Gasteiger charge is -2.30. The molecule has 0 bridgehead atoms. The largest absolute Gasteiger partial charge is 0.347 e. The van der Waals surface area contributed by atoms with Gasteiger partial charge in [0.15, 0.2) is 6.54 Å². The van der Waals surface area contributed by atoms with Crippen LogP contribution in [0, 0.1) is 5.82 Å². The Labute approximate surface area is 170 Å². The van der Waals surface area contributed by atoms with Gasteiger partial charge in [-0.15, -0.1) is 0 Å². The van der Waals surface area contributed by atoms with Crippen LogP contribution in [0.1, 0.15) is 11.1 Å². The van der Waals surface area contributed by atoms with Gasteiger partial charge in [0.2, 0.25) is 10.0 Å². The lowest BCUT2D eigenvalue weighted by Crippen LogP contribution is -3.15. The highest BCUT2D eigenvalue weighted by Gasteiger charge is 2.28. The molecule has 6 nitrogen and oxygen atoms in total. The van der Waals surface area contributed by atoms with Crippen LogP contribution in [-0.4, -0.2) is 51.4 Å². The van der Waals surface area contributed by atoms with E-state index >= 15 is 0 Å². The second kappa shape index (κ2) is 9.78. The number of nitrogens with zero attached hydrogens (tertiary/aromatic N) is 1. The van der Waals surface area contributed by atoms with Gasteiger partial charge in [0.05, 0.1) is 26.2 Å². The molecule has 0 aromatic heterocycles. The first-order chi connectivity index (χ1) is 13.9. The van der Waals surface area contributed by atoms with Gasteiger partial charge < -0.3 is 10.2 Å². The topological polar surface area (TPSA) is 70.9 Å². The van der Waals surface area contributed by atoms with Crippen molar-refractivity contribution >= 4 is 22.0 Å². The Morgan fingerprint density at radius 2 is 1.72 bits per heavy atom. The Bertz CT molecular complexity index is 939. The fraction of sp³-hybridized carbons (Fsp3) is 0.286. The lowest BCUT2D eigenvalue weighted by molar-refractivity contribution is -0.895. The number of nitrogens with one attached hydrogen (secondary N) is 2. The maximum atomic E-state index is 12.9. The highest BCUT2D eigenvalue weighted by atomic mass is 32.2. The molecule has 154 valence electrons. The zero-order valence-electron chi connectivity index (χ0n) is 16.1. The summed E-state index contributed by atoms with van der Waals surface area (Å²) in [6.07, 6.45) is 1.59. The van der Waals surface area contributed by atoms with Crippen molar-refractivity contribution in [2.45, 2.75) is 6.54 Å². The molecule has 1 saturated heterocycles. The van der Waals surface area contributed by atoms with Crippen LogP contribution < -0.4 is 10.2 Å². The number of piperazine rings is 1. The maximum Gasteiger partial charge on any atom is 0.275 e. The number of amides is 1. The summed E-state index contributed by atoms with van der Waals surface area (Å²) in [7, 11) is -3.47. The minimum Gasteiger partial charge on any atom is -0.347 e. The number of carbonyl (C=O) groups excluding carboxylic acids is 1. The van der Waals surface area contributed by atoms with E-state index in [2.05, 4.69) is 5.32 Å². The Morgan fingerprint density at radius 3 is 2.38 bits per heavy atom. The zero-order chi connectivity index (χ0) is 20.7. The van der Waals surface area contributed by atoms with E-state index in [0.29, 0.717) is 32.7 Å². The summed E-state index contributed by atoms with van der Waals surface area (Å²) in [6.45, 7) is 2.53. The van der Waals surface area contributed by atoms with Crippen molar-refractivity contribution in [2.75, 3.05) is 32.7 Å². The third-order valence-corrected chi connectivity index (χ3v) is 6.40. The van der Waals surface area contributed by atoms with Crippen LogP contribution in [0.15, 0.2) is 60.0 Å². The molecule has 8 heteroatoms. The monoisotopic (exact) mass is 418 g/mol. The minimum atomic E-state index is -3.47. The van der Waals surface area contributed by atoms with Crippen molar-refractivity contribution in [3.05, 3.63) is 76.9 Å². The molecule has 2 aromatic rings. The van der Waals surface area contributed by atoms with E-state index in [4.69, 9.17) is 0 Å². The fourth-order valence-corrected chi connectivity index (χ4v) is 4.33. The van der Waals surface area contributed by atoms with E-state index in [1.165, 1.54) is 21.8 Å². The summed E-state index contributed by atoms with van der Waals surface area (Å²) in [5.74, 6) is -0.416. The molecule has 0 spiro atoms. The fourth-order valence-electron chi connectivity index (χ4n) is 3.14. The minimum absolute atomic E-state index is 0.107. The molecule has 2 N–H and O–H groups in total. The molecule has 0 unspecified atom stereocenters. The number of halogens is 1. The van der Waals surface area contributed by atoms with Crippen molar-refractivity contribution in [1.82, 2.24) is 9.62 Å². The SMILES string of the molecule is O=C(C[NH+]1CCN(S(=O)(=O)/C=C/c2ccccc2)CC1)NCc1ccc(F)cc1. The van der Waals surface area contributed by atoms with Crippen LogP contribution in [0.2, 0.25) is 0 Å². The first kappa shape index (κ1) is 21.2. The highest BCUT2D eigenvalue weighted by molar-refractivity contribution is 7.92. The predicted octanol–water partition coefficient (Wildman–Crippen LogP) is 0.643. The van der Waals surface area contributed by atoms with E-state index in [1.54, 1.807) is 18.2 Å². The molecule has 2 aromatic carbocycles. The molecule has 0 aliphatic carbocycles. The lowest BCUT2D eigenvalue weighted by atomic mass is 10.2. The van der Waals surface area contributed by atoms with E-state index < -0.39 is 10.0 Å². The summed E-state index contributed by atoms with van der Waals surface area (Å²) in [4.78, 5) is 13.2. The molecule has 1 aliphatic rings. The molecular formula is C21H25FN3O3S+. The summed E-state index contributed by atoms with van der Waals surface area (Å²) in [5.41, 5.74) is 1.66. The number of hydrogen-bond donors (Lipinski definition) is 2. The normalized spacial score (nSPS) is 16.2. The van der Waals surface area contributed by atoms with Crippen LogP contribution >= 0.6 is 0 Å². The highest BCUT2D eigenvalue weighted by Crippen LogP contribution is 2.08. The van der Waals surface area contributed by atoms with Crippen LogP contribution in [-0.2, 0) is 21.4 Å². The van der Waals surface area contributed by atoms with Crippen molar-refractivity contribution in [2.24, 2.45) is 0 Å². The van der Waals surface area contributed by atoms with Crippen LogP contribution in [0.4, 0.5) is 4.39 Å². The first-order valence-electron chi connectivity index (χ1n) is 9.50. The van der Waals surface area contributed by atoms with Gasteiger partial charge in [0.1, 0.15) is 5.82 Å². The molecule has 0 atom stereocenters.